The summed E-state index contributed by atoms with van der Waals surface area (Å²) in [6.45, 7) is 2.21. The van der Waals surface area contributed by atoms with E-state index in [1.807, 2.05) is 11.3 Å². The first-order valence-electron chi connectivity index (χ1n) is 4.95. The van der Waals surface area contributed by atoms with Gasteiger partial charge in [-0.25, -0.2) is 0 Å². The zero-order valence-electron chi connectivity index (χ0n) is 8.45. The van der Waals surface area contributed by atoms with Gasteiger partial charge in [0.25, 0.3) is 0 Å². The van der Waals surface area contributed by atoms with E-state index in [0.29, 0.717) is 0 Å². The standard InChI is InChI=1S/C11H15NS2/c1-2-4-10-6-7-11(14-10)5-3-8-13-9-12/h6-7H,2-5,8H2,1H3. The summed E-state index contributed by atoms with van der Waals surface area (Å²) >= 11 is 3.28. The van der Waals surface area contributed by atoms with Gasteiger partial charge in [-0.05, 0) is 43.2 Å². The van der Waals surface area contributed by atoms with Crippen LogP contribution in [0.4, 0.5) is 0 Å². The molecule has 0 radical (unpaired) electrons. The van der Waals surface area contributed by atoms with Gasteiger partial charge in [0.1, 0.15) is 5.40 Å². The smallest absolute Gasteiger partial charge is 0.133 e. The molecule has 0 aliphatic heterocycles. The highest BCUT2D eigenvalue weighted by Crippen LogP contribution is 2.19. The molecule has 1 aromatic rings. The second-order valence-corrected chi connectivity index (χ2v) is 5.29. The molecule has 0 saturated heterocycles. The lowest BCUT2D eigenvalue weighted by Crippen LogP contribution is -1.82. The maximum absolute atomic E-state index is 8.35. The fraction of sp³-hybridized carbons (Fsp3) is 0.545. The summed E-state index contributed by atoms with van der Waals surface area (Å²) in [5.41, 5.74) is 0. The molecule has 0 spiro atoms. The first kappa shape index (κ1) is 11.6. The molecule has 1 rings (SSSR count). The van der Waals surface area contributed by atoms with E-state index in [2.05, 4.69) is 24.5 Å². The molecule has 76 valence electrons. The third-order valence-electron chi connectivity index (χ3n) is 1.95. The molecule has 0 bridgehead atoms. The molecule has 0 aliphatic carbocycles. The van der Waals surface area contributed by atoms with Gasteiger partial charge in [0.15, 0.2) is 0 Å². The number of thioether (sulfide) groups is 1. The van der Waals surface area contributed by atoms with E-state index in [4.69, 9.17) is 5.26 Å². The van der Waals surface area contributed by atoms with E-state index in [1.54, 1.807) is 0 Å². The highest BCUT2D eigenvalue weighted by Gasteiger charge is 1.99. The SMILES string of the molecule is CCCc1ccc(CCCSC#N)s1. The molecule has 0 aliphatic rings. The van der Waals surface area contributed by atoms with Crippen molar-refractivity contribution in [1.82, 2.24) is 0 Å². The van der Waals surface area contributed by atoms with Crippen LogP contribution in [0.25, 0.3) is 0 Å². The van der Waals surface area contributed by atoms with Crippen molar-refractivity contribution in [1.29, 1.82) is 5.26 Å². The third kappa shape index (κ3) is 4.17. The summed E-state index contributed by atoms with van der Waals surface area (Å²) in [6, 6.07) is 4.47. The van der Waals surface area contributed by atoms with Crippen LogP contribution in [0.15, 0.2) is 12.1 Å². The molecule has 0 N–H and O–H groups in total. The molecule has 1 heterocycles. The number of thiophene rings is 1. The largest absolute Gasteiger partial charge is 0.185 e. The first-order valence-corrected chi connectivity index (χ1v) is 6.75. The molecule has 3 heteroatoms. The molecule has 0 atom stereocenters. The van der Waals surface area contributed by atoms with Gasteiger partial charge >= 0.3 is 0 Å². The van der Waals surface area contributed by atoms with Crippen molar-refractivity contribution < 1.29 is 0 Å². The Morgan fingerprint density at radius 3 is 2.71 bits per heavy atom. The van der Waals surface area contributed by atoms with Crippen LogP contribution in [0.1, 0.15) is 29.5 Å². The van der Waals surface area contributed by atoms with Gasteiger partial charge in [-0.2, -0.15) is 5.26 Å². The number of hydrogen-bond donors (Lipinski definition) is 0. The molecular weight excluding hydrogens is 210 g/mol. The van der Waals surface area contributed by atoms with Crippen molar-refractivity contribution in [2.75, 3.05) is 5.75 Å². The molecule has 1 aromatic heterocycles. The molecule has 14 heavy (non-hydrogen) atoms. The summed E-state index contributed by atoms with van der Waals surface area (Å²) in [6.07, 6.45) is 4.68. The van der Waals surface area contributed by atoms with Gasteiger partial charge in [0.2, 0.25) is 0 Å². The van der Waals surface area contributed by atoms with E-state index < -0.39 is 0 Å². The van der Waals surface area contributed by atoms with E-state index in [0.717, 1.165) is 18.6 Å². The maximum atomic E-state index is 8.35. The van der Waals surface area contributed by atoms with Crippen LogP contribution >= 0.6 is 23.1 Å². The van der Waals surface area contributed by atoms with Gasteiger partial charge < -0.3 is 0 Å². The number of rotatable bonds is 6. The van der Waals surface area contributed by atoms with E-state index in [1.165, 1.54) is 34.4 Å². The Labute approximate surface area is 94.1 Å². The van der Waals surface area contributed by atoms with Gasteiger partial charge in [0, 0.05) is 15.5 Å². The predicted octanol–water partition coefficient (Wildman–Crippen LogP) is 3.85. The van der Waals surface area contributed by atoms with Gasteiger partial charge in [0.05, 0.1) is 0 Å². The summed E-state index contributed by atoms with van der Waals surface area (Å²) in [7, 11) is 0. The highest BCUT2D eigenvalue weighted by molar-refractivity contribution is 8.03. The summed E-state index contributed by atoms with van der Waals surface area (Å²) in [5.74, 6) is 0.956. The van der Waals surface area contributed by atoms with E-state index in [-0.39, 0.29) is 0 Å². The van der Waals surface area contributed by atoms with Crippen LogP contribution in [-0.2, 0) is 12.8 Å². The third-order valence-corrected chi connectivity index (χ3v) is 3.77. The fourth-order valence-corrected chi connectivity index (χ4v) is 2.84. The van der Waals surface area contributed by atoms with Crippen molar-refractivity contribution in [3.63, 3.8) is 0 Å². The van der Waals surface area contributed by atoms with Crippen molar-refractivity contribution in [3.8, 4) is 5.40 Å². The van der Waals surface area contributed by atoms with Crippen molar-refractivity contribution in [2.45, 2.75) is 32.6 Å². The topological polar surface area (TPSA) is 23.8 Å². The number of hydrogen-bond acceptors (Lipinski definition) is 3. The number of thiocyanates is 1. The quantitative estimate of drug-likeness (QED) is 0.542. The second-order valence-electron chi connectivity index (χ2n) is 3.16. The summed E-state index contributed by atoms with van der Waals surface area (Å²) in [5, 5.41) is 10.5. The Bertz CT molecular complexity index is 298. The highest BCUT2D eigenvalue weighted by atomic mass is 32.2. The maximum Gasteiger partial charge on any atom is 0.133 e. The normalized spacial score (nSPS) is 10.0. The lowest BCUT2D eigenvalue weighted by molar-refractivity contribution is 0.940. The fourth-order valence-electron chi connectivity index (χ4n) is 1.30. The Kier molecular flexibility index (Phi) is 5.74. The Morgan fingerprint density at radius 1 is 1.36 bits per heavy atom. The molecule has 0 fully saturated rings. The van der Waals surface area contributed by atoms with Crippen LogP contribution in [0, 0.1) is 10.7 Å². The zero-order valence-corrected chi connectivity index (χ0v) is 10.1. The lowest BCUT2D eigenvalue weighted by atomic mass is 10.2. The summed E-state index contributed by atoms with van der Waals surface area (Å²) in [4.78, 5) is 2.96. The first-order chi connectivity index (χ1) is 6.86. The molecule has 1 nitrogen and oxygen atoms in total. The minimum absolute atomic E-state index is 0.956. The van der Waals surface area contributed by atoms with Crippen LogP contribution in [-0.4, -0.2) is 5.75 Å². The second kappa shape index (κ2) is 6.92. The van der Waals surface area contributed by atoms with Crippen LogP contribution in [0.2, 0.25) is 0 Å². The van der Waals surface area contributed by atoms with Crippen molar-refractivity contribution >= 4 is 23.1 Å². The Balaban J connectivity index is 2.26. The van der Waals surface area contributed by atoms with Crippen molar-refractivity contribution in [2.24, 2.45) is 0 Å². The Hall–Kier alpha value is -0.460. The molecular formula is C11H15NS2. The lowest BCUT2D eigenvalue weighted by Gasteiger charge is -1.94. The van der Waals surface area contributed by atoms with Crippen LogP contribution in [0.5, 0.6) is 0 Å². The number of aryl methyl sites for hydroxylation is 2. The Morgan fingerprint density at radius 2 is 2.07 bits per heavy atom. The van der Waals surface area contributed by atoms with Crippen LogP contribution in [0.3, 0.4) is 0 Å². The zero-order chi connectivity index (χ0) is 10.2. The van der Waals surface area contributed by atoms with E-state index >= 15 is 0 Å². The molecule has 0 amide bonds. The minimum atomic E-state index is 0.956. The molecule has 0 aromatic carbocycles. The monoisotopic (exact) mass is 225 g/mol. The summed E-state index contributed by atoms with van der Waals surface area (Å²) < 4.78 is 0. The number of nitriles is 1. The van der Waals surface area contributed by atoms with Gasteiger partial charge in [-0.15, -0.1) is 11.3 Å². The predicted molar refractivity (Wildman–Crippen MR) is 64.7 cm³/mol. The average Bonchev–Trinajstić information content (AvgIpc) is 2.61. The van der Waals surface area contributed by atoms with E-state index in [9.17, 15) is 0 Å². The van der Waals surface area contributed by atoms with Gasteiger partial charge in [-0.1, -0.05) is 13.3 Å². The number of nitrogens with zero attached hydrogens (tertiary/aromatic N) is 1. The van der Waals surface area contributed by atoms with Crippen LogP contribution < -0.4 is 0 Å². The molecule has 0 unspecified atom stereocenters. The average molecular weight is 225 g/mol. The van der Waals surface area contributed by atoms with Crippen molar-refractivity contribution in [3.05, 3.63) is 21.9 Å². The van der Waals surface area contributed by atoms with Gasteiger partial charge in [-0.3, -0.25) is 0 Å². The minimum Gasteiger partial charge on any atom is -0.185 e. The molecule has 0 saturated carbocycles.